The van der Waals surface area contributed by atoms with Crippen LogP contribution in [0.4, 0.5) is 0 Å². The lowest BCUT2D eigenvalue weighted by Gasteiger charge is -2.35. The number of nitrogens with two attached hydrogens (primary N) is 1. The van der Waals surface area contributed by atoms with Crippen molar-refractivity contribution in [2.45, 2.75) is 26.4 Å². The SMILES string of the molecule is CCN(CC)C(=O)CN1CCN(C(=O)CC(CN)OC)CC1. The second kappa shape index (κ2) is 9.76. The largest absolute Gasteiger partial charge is 0.380 e. The number of amides is 2. The first-order chi connectivity index (χ1) is 10.5. The quantitative estimate of drug-likeness (QED) is 0.645. The van der Waals surface area contributed by atoms with Crippen LogP contribution in [0.15, 0.2) is 0 Å². The summed E-state index contributed by atoms with van der Waals surface area (Å²) >= 11 is 0. The Morgan fingerprint density at radius 3 is 2.23 bits per heavy atom. The lowest BCUT2D eigenvalue weighted by molar-refractivity contribution is -0.136. The summed E-state index contributed by atoms with van der Waals surface area (Å²) in [7, 11) is 1.57. The van der Waals surface area contributed by atoms with Crippen LogP contribution in [0.2, 0.25) is 0 Å². The molecule has 0 saturated carbocycles. The van der Waals surface area contributed by atoms with Crippen LogP contribution in [0.5, 0.6) is 0 Å². The first-order valence-electron chi connectivity index (χ1n) is 8.06. The summed E-state index contributed by atoms with van der Waals surface area (Å²) < 4.78 is 5.15. The molecular formula is C15H30N4O3. The van der Waals surface area contributed by atoms with Crippen LogP contribution in [0.25, 0.3) is 0 Å². The van der Waals surface area contributed by atoms with Gasteiger partial charge in [0.1, 0.15) is 0 Å². The number of hydrogen-bond acceptors (Lipinski definition) is 5. The highest BCUT2D eigenvalue weighted by molar-refractivity contribution is 5.78. The second-order valence-corrected chi connectivity index (χ2v) is 5.52. The van der Waals surface area contributed by atoms with Crippen molar-refractivity contribution in [3.8, 4) is 0 Å². The number of ether oxygens (including phenoxy) is 1. The Balaban J connectivity index is 2.37. The fourth-order valence-electron chi connectivity index (χ4n) is 2.61. The molecule has 0 aromatic heterocycles. The van der Waals surface area contributed by atoms with Crippen molar-refractivity contribution < 1.29 is 14.3 Å². The third-order valence-corrected chi connectivity index (χ3v) is 4.20. The molecule has 1 heterocycles. The average molecular weight is 314 g/mol. The first-order valence-corrected chi connectivity index (χ1v) is 8.06. The minimum absolute atomic E-state index is 0.0759. The molecule has 0 aromatic rings. The Labute approximate surface area is 133 Å². The van der Waals surface area contributed by atoms with E-state index in [1.807, 2.05) is 23.6 Å². The molecule has 0 radical (unpaired) electrons. The van der Waals surface area contributed by atoms with Gasteiger partial charge in [0.2, 0.25) is 11.8 Å². The molecule has 7 heteroatoms. The summed E-state index contributed by atoms with van der Waals surface area (Å²) in [4.78, 5) is 30.0. The van der Waals surface area contributed by atoms with Gasteiger partial charge in [0.05, 0.1) is 19.1 Å². The number of likely N-dealkylation sites (N-methyl/N-ethyl adjacent to an activating group) is 1. The maximum absolute atomic E-state index is 12.2. The normalized spacial score (nSPS) is 17.4. The lowest BCUT2D eigenvalue weighted by Crippen LogP contribution is -2.52. The molecule has 7 nitrogen and oxygen atoms in total. The predicted molar refractivity (Wildman–Crippen MR) is 85.4 cm³/mol. The third-order valence-electron chi connectivity index (χ3n) is 4.20. The van der Waals surface area contributed by atoms with Crippen LogP contribution >= 0.6 is 0 Å². The monoisotopic (exact) mass is 314 g/mol. The zero-order valence-electron chi connectivity index (χ0n) is 14.1. The van der Waals surface area contributed by atoms with Gasteiger partial charge in [-0.2, -0.15) is 0 Å². The van der Waals surface area contributed by atoms with E-state index in [-0.39, 0.29) is 17.9 Å². The van der Waals surface area contributed by atoms with Gasteiger partial charge in [-0.3, -0.25) is 14.5 Å². The van der Waals surface area contributed by atoms with Crippen molar-refractivity contribution in [3.63, 3.8) is 0 Å². The topological polar surface area (TPSA) is 79.1 Å². The molecular weight excluding hydrogens is 284 g/mol. The van der Waals surface area contributed by atoms with Gasteiger partial charge >= 0.3 is 0 Å². The maximum Gasteiger partial charge on any atom is 0.236 e. The van der Waals surface area contributed by atoms with Gasteiger partial charge in [-0.25, -0.2) is 0 Å². The van der Waals surface area contributed by atoms with Gasteiger partial charge in [-0.05, 0) is 13.8 Å². The second-order valence-electron chi connectivity index (χ2n) is 5.52. The predicted octanol–water partition coefficient (Wildman–Crippen LogP) is -0.637. The number of methoxy groups -OCH3 is 1. The van der Waals surface area contributed by atoms with Gasteiger partial charge in [0, 0.05) is 52.9 Å². The summed E-state index contributed by atoms with van der Waals surface area (Å²) in [6.07, 6.45) is 0.112. The molecule has 0 aliphatic carbocycles. The van der Waals surface area contributed by atoms with Gasteiger partial charge in [-0.1, -0.05) is 0 Å². The van der Waals surface area contributed by atoms with E-state index in [0.717, 1.165) is 26.2 Å². The summed E-state index contributed by atoms with van der Waals surface area (Å²) in [5.41, 5.74) is 5.55. The molecule has 2 N–H and O–H groups in total. The lowest BCUT2D eigenvalue weighted by atomic mass is 10.2. The molecule has 128 valence electrons. The van der Waals surface area contributed by atoms with Crippen LogP contribution in [0, 0.1) is 0 Å². The summed E-state index contributed by atoms with van der Waals surface area (Å²) in [6, 6.07) is 0. The van der Waals surface area contributed by atoms with Crippen molar-refractivity contribution in [3.05, 3.63) is 0 Å². The van der Waals surface area contributed by atoms with Crippen LogP contribution in [0.1, 0.15) is 20.3 Å². The van der Waals surface area contributed by atoms with Crippen molar-refractivity contribution in [1.29, 1.82) is 0 Å². The van der Waals surface area contributed by atoms with Crippen molar-refractivity contribution in [2.24, 2.45) is 5.73 Å². The molecule has 1 saturated heterocycles. The standard InChI is InChI=1S/C15H30N4O3/c1-4-18(5-2)15(21)12-17-6-8-19(9-7-17)14(20)10-13(11-16)22-3/h13H,4-12,16H2,1-3H3. The first kappa shape index (κ1) is 18.9. The highest BCUT2D eigenvalue weighted by Gasteiger charge is 2.24. The van der Waals surface area contributed by atoms with E-state index in [0.29, 0.717) is 32.6 Å². The van der Waals surface area contributed by atoms with E-state index in [1.54, 1.807) is 7.11 Å². The number of hydrogen-bond donors (Lipinski definition) is 1. The van der Waals surface area contributed by atoms with E-state index >= 15 is 0 Å². The molecule has 1 aliphatic heterocycles. The third kappa shape index (κ3) is 5.55. The van der Waals surface area contributed by atoms with Gasteiger partial charge in [0.15, 0.2) is 0 Å². The Bertz CT molecular complexity index is 349. The van der Waals surface area contributed by atoms with Gasteiger partial charge in [0.25, 0.3) is 0 Å². The van der Waals surface area contributed by atoms with E-state index < -0.39 is 0 Å². The van der Waals surface area contributed by atoms with Crippen molar-refractivity contribution in [1.82, 2.24) is 14.7 Å². The highest BCUT2D eigenvalue weighted by atomic mass is 16.5. The molecule has 1 fully saturated rings. The Morgan fingerprint density at radius 2 is 1.77 bits per heavy atom. The molecule has 2 amide bonds. The number of piperazine rings is 1. The van der Waals surface area contributed by atoms with Crippen molar-refractivity contribution >= 4 is 11.8 Å². The molecule has 1 unspecified atom stereocenters. The Morgan fingerprint density at radius 1 is 1.18 bits per heavy atom. The molecule has 0 aromatic carbocycles. The van der Waals surface area contributed by atoms with Crippen molar-refractivity contribution in [2.75, 3.05) is 59.5 Å². The van der Waals surface area contributed by atoms with Crippen LogP contribution < -0.4 is 5.73 Å². The maximum atomic E-state index is 12.2. The number of carbonyl (C=O) groups excluding carboxylic acids is 2. The molecule has 0 spiro atoms. The minimum atomic E-state index is -0.213. The summed E-state index contributed by atoms with van der Waals surface area (Å²) in [5, 5.41) is 0. The van der Waals surface area contributed by atoms with E-state index in [2.05, 4.69) is 4.90 Å². The zero-order chi connectivity index (χ0) is 16.5. The van der Waals surface area contributed by atoms with Gasteiger partial charge in [-0.15, -0.1) is 0 Å². The number of rotatable bonds is 8. The van der Waals surface area contributed by atoms with E-state index in [9.17, 15) is 9.59 Å². The molecule has 1 aliphatic rings. The van der Waals surface area contributed by atoms with Crippen LogP contribution in [-0.4, -0.2) is 92.1 Å². The Hall–Kier alpha value is -1.18. The summed E-state index contributed by atoms with van der Waals surface area (Å²) in [6.45, 7) is 9.03. The molecule has 22 heavy (non-hydrogen) atoms. The number of carbonyl (C=O) groups is 2. The number of nitrogens with zero attached hydrogens (tertiary/aromatic N) is 3. The highest BCUT2D eigenvalue weighted by Crippen LogP contribution is 2.07. The van der Waals surface area contributed by atoms with Crippen LogP contribution in [0.3, 0.4) is 0 Å². The van der Waals surface area contributed by atoms with E-state index in [4.69, 9.17) is 10.5 Å². The fraction of sp³-hybridized carbons (Fsp3) is 0.867. The summed E-state index contributed by atoms with van der Waals surface area (Å²) in [5.74, 6) is 0.236. The average Bonchev–Trinajstić information content (AvgIpc) is 2.54. The van der Waals surface area contributed by atoms with E-state index in [1.165, 1.54) is 0 Å². The molecule has 1 rings (SSSR count). The minimum Gasteiger partial charge on any atom is -0.380 e. The smallest absolute Gasteiger partial charge is 0.236 e. The Kier molecular flexibility index (Phi) is 8.37. The molecule has 0 bridgehead atoms. The zero-order valence-corrected chi connectivity index (χ0v) is 14.1. The molecule has 1 atom stereocenters. The van der Waals surface area contributed by atoms with Crippen LogP contribution in [-0.2, 0) is 14.3 Å². The fourth-order valence-corrected chi connectivity index (χ4v) is 2.61. The van der Waals surface area contributed by atoms with Gasteiger partial charge < -0.3 is 20.3 Å².